The molecule has 1 aromatic heterocycles. The maximum absolute atomic E-state index is 14.4. The van der Waals surface area contributed by atoms with Crippen molar-refractivity contribution in [3.05, 3.63) is 60.2 Å². The van der Waals surface area contributed by atoms with Crippen LogP contribution in [0.4, 0.5) is 9.59 Å². The highest BCUT2D eigenvalue weighted by atomic mass is 32.2. The van der Waals surface area contributed by atoms with Gasteiger partial charge < -0.3 is 34.3 Å². The van der Waals surface area contributed by atoms with Crippen LogP contribution in [0.2, 0.25) is 0 Å². The Hall–Kier alpha value is -5.13. The summed E-state index contributed by atoms with van der Waals surface area (Å²) in [5, 5.41) is 4.88. The zero-order chi connectivity index (χ0) is 41.2. The van der Waals surface area contributed by atoms with Gasteiger partial charge in [0.2, 0.25) is 21.8 Å². The van der Waals surface area contributed by atoms with Crippen LogP contribution in [-0.2, 0) is 53.5 Å². The van der Waals surface area contributed by atoms with Gasteiger partial charge in [0, 0.05) is 37.8 Å². The van der Waals surface area contributed by atoms with Gasteiger partial charge in [-0.1, -0.05) is 31.1 Å². The molecule has 5 atom stereocenters. The molecule has 3 aliphatic heterocycles. The molecule has 58 heavy (non-hydrogen) atoms. The van der Waals surface area contributed by atoms with Crippen molar-refractivity contribution in [1.29, 1.82) is 0 Å². The molecule has 1 unspecified atom stereocenters. The predicted molar refractivity (Wildman–Crippen MR) is 208 cm³/mol. The number of benzene rings is 1. The summed E-state index contributed by atoms with van der Waals surface area (Å²) in [6, 6.07) is 3.39. The lowest BCUT2D eigenvalue weighted by molar-refractivity contribution is -0.141. The molecule has 314 valence electrons. The molecule has 2 aliphatic carbocycles. The van der Waals surface area contributed by atoms with E-state index in [1.54, 1.807) is 33.3 Å². The number of amides is 5. The van der Waals surface area contributed by atoms with E-state index < -0.39 is 80.4 Å². The van der Waals surface area contributed by atoms with Crippen LogP contribution < -0.4 is 20.1 Å². The van der Waals surface area contributed by atoms with Gasteiger partial charge in [-0.15, -0.1) is 0 Å². The summed E-state index contributed by atoms with van der Waals surface area (Å²) in [7, 11) is -3.92. The molecule has 5 aliphatic rings. The molecule has 17 nitrogen and oxygen atoms in total. The van der Waals surface area contributed by atoms with E-state index in [0.29, 0.717) is 51.1 Å². The van der Waals surface area contributed by atoms with Crippen LogP contribution in [0, 0.1) is 5.92 Å². The number of hydrogen-bond donors (Lipinski definition) is 3. The molecule has 18 heteroatoms. The van der Waals surface area contributed by atoms with E-state index in [1.165, 1.54) is 9.80 Å². The fourth-order valence-corrected chi connectivity index (χ4v) is 9.16. The van der Waals surface area contributed by atoms with Crippen molar-refractivity contribution in [1.82, 2.24) is 34.7 Å². The Kier molecular flexibility index (Phi) is 11.8. The van der Waals surface area contributed by atoms with Crippen molar-refractivity contribution in [3.63, 3.8) is 0 Å². The third-order valence-electron chi connectivity index (χ3n) is 11.1. The summed E-state index contributed by atoms with van der Waals surface area (Å²) < 4.78 is 47.2. The van der Waals surface area contributed by atoms with Crippen molar-refractivity contribution in [2.75, 3.05) is 13.2 Å². The number of fused-ring (bicyclic) bond motifs is 3. The van der Waals surface area contributed by atoms with Crippen molar-refractivity contribution in [2.24, 2.45) is 5.92 Å². The highest BCUT2D eigenvalue weighted by Crippen LogP contribution is 2.46. The predicted octanol–water partition coefficient (Wildman–Crippen LogP) is 3.28. The molecule has 0 bridgehead atoms. The number of rotatable bonds is 9. The summed E-state index contributed by atoms with van der Waals surface area (Å²) >= 11 is 0. The largest absolute Gasteiger partial charge is 0.492 e. The maximum atomic E-state index is 14.4. The highest BCUT2D eigenvalue weighted by molar-refractivity contribution is 7.91. The second-order valence-electron chi connectivity index (χ2n) is 16.9. The number of carbonyl (C=O) groups is 5. The molecule has 5 amide bonds. The van der Waals surface area contributed by atoms with Crippen LogP contribution in [0.15, 0.2) is 49.1 Å². The lowest BCUT2D eigenvalue weighted by Crippen LogP contribution is -2.58. The molecule has 0 radical (unpaired) electrons. The van der Waals surface area contributed by atoms with Crippen LogP contribution in [0.3, 0.4) is 0 Å². The van der Waals surface area contributed by atoms with Gasteiger partial charge in [0.05, 0.1) is 24.7 Å². The third-order valence-corrected chi connectivity index (χ3v) is 13.0. The van der Waals surface area contributed by atoms with Gasteiger partial charge in [-0.05, 0) is 82.6 Å². The molecular formula is C40H53N7O10S. The number of hydrogen-bond acceptors (Lipinski definition) is 11. The molecular weight excluding hydrogens is 771 g/mol. The van der Waals surface area contributed by atoms with Crippen molar-refractivity contribution >= 4 is 39.9 Å². The number of alkyl carbamates (subject to hydrolysis) is 1. The number of nitrogens with one attached hydrogen (secondary N) is 3. The Bertz CT molecular complexity index is 2030. The van der Waals surface area contributed by atoms with Gasteiger partial charge in [0.25, 0.3) is 5.91 Å². The van der Waals surface area contributed by atoms with Crippen LogP contribution in [0.25, 0.3) is 0 Å². The first-order chi connectivity index (χ1) is 27.6. The van der Waals surface area contributed by atoms with Gasteiger partial charge in [0.15, 0.2) is 0 Å². The molecule has 1 aromatic carbocycles. The Morgan fingerprint density at radius 3 is 2.59 bits per heavy atom. The first-order valence-corrected chi connectivity index (χ1v) is 21.7. The lowest BCUT2D eigenvalue weighted by atomic mass is 10.0. The zero-order valence-corrected chi connectivity index (χ0v) is 34.0. The van der Waals surface area contributed by atoms with Crippen molar-refractivity contribution < 1.29 is 46.6 Å². The van der Waals surface area contributed by atoms with Crippen LogP contribution in [-0.4, -0.2) is 105 Å². The van der Waals surface area contributed by atoms with E-state index in [0.717, 1.165) is 24.0 Å². The van der Waals surface area contributed by atoms with Crippen LogP contribution in [0.1, 0.15) is 89.7 Å². The Morgan fingerprint density at radius 2 is 1.84 bits per heavy atom. The molecule has 3 N–H and O–H groups in total. The van der Waals surface area contributed by atoms with Gasteiger partial charge in [-0.2, -0.15) is 0 Å². The normalized spacial score (nSPS) is 26.8. The molecule has 0 spiro atoms. The summed E-state index contributed by atoms with van der Waals surface area (Å²) in [6.45, 7) is 6.60. The molecule has 2 aromatic rings. The minimum Gasteiger partial charge on any atom is -0.492 e. The van der Waals surface area contributed by atoms with E-state index in [-0.39, 0.29) is 32.4 Å². The topological polar surface area (TPSA) is 208 Å². The van der Waals surface area contributed by atoms with Crippen LogP contribution in [0.5, 0.6) is 5.75 Å². The summed E-state index contributed by atoms with van der Waals surface area (Å²) in [5.74, 6) is -1.87. The molecule has 2 saturated carbocycles. The lowest BCUT2D eigenvalue weighted by Gasteiger charge is -2.30. The van der Waals surface area contributed by atoms with E-state index in [9.17, 15) is 32.4 Å². The monoisotopic (exact) mass is 823 g/mol. The number of aromatic nitrogens is 2. The number of sulfonamides is 1. The van der Waals surface area contributed by atoms with Gasteiger partial charge in [-0.25, -0.2) is 23.0 Å². The minimum absolute atomic E-state index is 0.0866. The fraction of sp³-hybridized carbons (Fsp3) is 0.600. The number of carbonyl (C=O) groups excluding carboxylic acids is 5. The summed E-state index contributed by atoms with van der Waals surface area (Å²) in [4.78, 5) is 76.0. The van der Waals surface area contributed by atoms with E-state index >= 15 is 0 Å². The molecule has 4 heterocycles. The van der Waals surface area contributed by atoms with Gasteiger partial charge in [0.1, 0.15) is 41.7 Å². The Balaban J connectivity index is 1.07. The second-order valence-corrected chi connectivity index (χ2v) is 18.9. The summed E-state index contributed by atoms with van der Waals surface area (Å²) in [5.41, 5.74) is -0.537. The number of allylic oxidation sites excluding steroid dienone is 1. The fourth-order valence-electron chi connectivity index (χ4n) is 7.79. The highest BCUT2D eigenvalue weighted by Gasteiger charge is 2.62. The third kappa shape index (κ3) is 9.76. The van der Waals surface area contributed by atoms with E-state index in [2.05, 4.69) is 20.3 Å². The van der Waals surface area contributed by atoms with Gasteiger partial charge in [-0.3, -0.25) is 24.0 Å². The minimum atomic E-state index is -3.92. The molecule has 1 saturated heterocycles. The van der Waals surface area contributed by atoms with Crippen molar-refractivity contribution in [3.8, 4) is 5.75 Å². The first kappa shape index (κ1) is 41.0. The quantitative estimate of drug-likeness (QED) is 0.313. The number of ether oxygens (including phenoxy) is 3. The SMILES string of the molecule is CC(C)(C)OC(=O)N[C@H]1CCCCC/C=C\[C@@H]2C[C@@]2(C(=O)NS(=O)(=O)C2CC2)NC(=O)C2C[C@@H](OC(=O)N3Cc4ccc(OCCn5ccnc5)cc4C3)CN2C1=O. The average molecular weight is 824 g/mol. The van der Waals surface area contributed by atoms with Gasteiger partial charge >= 0.3 is 12.2 Å². The summed E-state index contributed by atoms with van der Waals surface area (Å²) in [6.07, 6.45) is 10.7. The number of imidazole rings is 1. The Morgan fingerprint density at radius 1 is 1.05 bits per heavy atom. The first-order valence-electron chi connectivity index (χ1n) is 20.1. The zero-order valence-electron chi connectivity index (χ0n) is 33.2. The van der Waals surface area contributed by atoms with Crippen LogP contribution >= 0.6 is 0 Å². The average Bonchev–Trinajstić information content (AvgIpc) is 3.94. The van der Waals surface area contributed by atoms with Crippen molar-refractivity contribution in [2.45, 2.75) is 133 Å². The molecule has 3 fully saturated rings. The van der Waals surface area contributed by atoms with E-state index in [1.807, 2.05) is 41.1 Å². The van der Waals surface area contributed by atoms with E-state index in [4.69, 9.17) is 14.2 Å². The maximum Gasteiger partial charge on any atom is 0.410 e. The second kappa shape index (κ2) is 16.6. The number of nitrogens with zero attached hydrogens (tertiary/aromatic N) is 4. The Labute approximate surface area is 338 Å². The standard InChI is InChI=1S/C40H53N7O10S/c1-39(2,3)57-37(51)42-32-10-8-6-4-5-7-9-28-21-40(28,36(50)44-58(53,54)31-13-14-31)43-34(48)33-20-30(24-47(33)35(32)49)56-38(52)46-22-26-11-12-29(19-27(26)23-46)55-18-17-45-16-15-41-25-45/h7,9,11-12,15-16,19,25,28,30-33H,4-6,8,10,13-14,17-18,20-24H2,1-3H3,(H,42,51)(H,43,48)(H,44,50)/b9-7-/t28-,30-,32+,33?,40-/m1/s1. The smallest absolute Gasteiger partial charge is 0.410 e. The molecule has 7 rings (SSSR count).